The Morgan fingerprint density at radius 1 is 1.38 bits per heavy atom. The second kappa shape index (κ2) is 6.12. The average Bonchev–Trinajstić information content (AvgIpc) is 3.33. The molecule has 1 amide bonds. The fourth-order valence-electron chi connectivity index (χ4n) is 3.46. The second-order valence-corrected chi connectivity index (χ2v) is 6.67. The summed E-state index contributed by atoms with van der Waals surface area (Å²) in [7, 11) is 3.63. The van der Waals surface area contributed by atoms with Crippen LogP contribution in [0.4, 0.5) is 10.2 Å². The molecule has 0 aliphatic heterocycles. The Hall–Kier alpha value is -2.89. The maximum atomic E-state index is 13.1. The molecule has 2 aromatic heterocycles. The van der Waals surface area contributed by atoms with Crippen LogP contribution in [0.2, 0.25) is 0 Å². The minimum absolute atomic E-state index is 0.301. The monoisotopic (exact) mass is 353 g/mol. The molecule has 0 spiro atoms. The van der Waals surface area contributed by atoms with Gasteiger partial charge in [0.05, 0.1) is 24.2 Å². The highest BCUT2D eigenvalue weighted by molar-refractivity contribution is 5.97. The number of carbonyl (C=O) groups is 1. The maximum Gasteiger partial charge on any atom is 0.231 e. The molecule has 26 heavy (non-hydrogen) atoms. The Morgan fingerprint density at radius 3 is 2.81 bits per heavy atom. The third kappa shape index (κ3) is 2.62. The van der Waals surface area contributed by atoms with Gasteiger partial charge in [0.15, 0.2) is 0 Å². The molecule has 0 unspecified atom stereocenters. The molecule has 0 bridgehead atoms. The van der Waals surface area contributed by atoms with Crippen molar-refractivity contribution in [3.8, 4) is 17.0 Å². The van der Waals surface area contributed by atoms with Gasteiger partial charge in [-0.1, -0.05) is 12.1 Å². The summed E-state index contributed by atoms with van der Waals surface area (Å²) in [5, 5.41) is 3.72. The van der Waals surface area contributed by atoms with E-state index >= 15 is 0 Å². The van der Waals surface area contributed by atoms with Crippen molar-refractivity contribution in [1.29, 1.82) is 0 Å². The Labute approximate surface area is 150 Å². The van der Waals surface area contributed by atoms with Gasteiger partial charge in [0.2, 0.25) is 5.91 Å². The third-order valence-corrected chi connectivity index (χ3v) is 5.00. The number of aryl methyl sites for hydroxylation is 2. The molecule has 0 saturated heterocycles. The number of hydrogen-bond donors (Lipinski definition) is 1. The van der Waals surface area contributed by atoms with Crippen LogP contribution in [0.1, 0.15) is 12.0 Å². The van der Waals surface area contributed by atoms with Crippen LogP contribution >= 0.6 is 0 Å². The lowest BCUT2D eigenvalue weighted by Crippen LogP contribution is -2.15. The zero-order valence-corrected chi connectivity index (χ0v) is 14.9. The van der Waals surface area contributed by atoms with E-state index in [-0.39, 0.29) is 5.91 Å². The normalized spacial score (nSPS) is 18.8. The molecule has 0 radical (unpaired) electrons. The van der Waals surface area contributed by atoms with Crippen molar-refractivity contribution in [2.45, 2.75) is 19.5 Å². The second-order valence-electron chi connectivity index (χ2n) is 6.67. The molecule has 4 rings (SSSR count). The number of ether oxygens (including phenoxy) is 1. The standard InChI is InChI=1S/C20H20FN3O2/c1-11-14-10-22-18(23-20(25)13-8-15(13)21)9-16(14)24(2)19(11)12-6-4-5-7-17(12)26-3/h4-7,9-10,13,15H,8H2,1-3H3,(H,22,23,25)/t13-,15+/m0/s1. The first-order chi connectivity index (χ1) is 12.5. The highest BCUT2D eigenvalue weighted by atomic mass is 19.1. The van der Waals surface area contributed by atoms with Crippen molar-refractivity contribution in [2.24, 2.45) is 13.0 Å². The van der Waals surface area contributed by atoms with Gasteiger partial charge in [0.1, 0.15) is 17.7 Å². The maximum absolute atomic E-state index is 13.1. The van der Waals surface area contributed by atoms with E-state index in [9.17, 15) is 9.18 Å². The van der Waals surface area contributed by atoms with E-state index < -0.39 is 12.1 Å². The lowest BCUT2D eigenvalue weighted by atomic mass is 10.1. The van der Waals surface area contributed by atoms with Crippen LogP contribution in [0.3, 0.4) is 0 Å². The molecule has 1 aromatic carbocycles. The first-order valence-corrected chi connectivity index (χ1v) is 8.54. The number of nitrogens with one attached hydrogen (secondary N) is 1. The van der Waals surface area contributed by atoms with Crippen LogP contribution in [-0.4, -0.2) is 28.7 Å². The predicted octanol–water partition coefficient (Wildman–Crippen LogP) is 3.85. The molecule has 1 saturated carbocycles. The Bertz CT molecular complexity index is 1010. The van der Waals surface area contributed by atoms with Crippen LogP contribution in [-0.2, 0) is 11.8 Å². The van der Waals surface area contributed by atoms with E-state index in [4.69, 9.17) is 4.74 Å². The molecule has 1 N–H and O–H groups in total. The highest BCUT2D eigenvalue weighted by Gasteiger charge is 2.43. The van der Waals surface area contributed by atoms with Gasteiger partial charge in [-0.05, 0) is 31.0 Å². The number of alkyl halides is 1. The van der Waals surface area contributed by atoms with Crippen molar-refractivity contribution < 1.29 is 13.9 Å². The first-order valence-electron chi connectivity index (χ1n) is 8.54. The molecule has 134 valence electrons. The first kappa shape index (κ1) is 16.6. The number of anilines is 1. The van der Waals surface area contributed by atoms with Gasteiger partial charge in [-0.3, -0.25) is 4.79 Å². The topological polar surface area (TPSA) is 56.1 Å². The number of rotatable bonds is 4. The van der Waals surface area contributed by atoms with Gasteiger partial charge < -0.3 is 14.6 Å². The molecular formula is C20H20FN3O2. The van der Waals surface area contributed by atoms with Gasteiger partial charge in [0.25, 0.3) is 0 Å². The minimum atomic E-state index is -1.02. The van der Waals surface area contributed by atoms with Gasteiger partial charge >= 0.3 is 0 Å². The summed E-state index contributed by atoms with van der Waals surface area (Å²) in [5.41, 5.74) is 4.06. The number of halogens is 1. The van der Waals surface area contributed by atoms with Crippen molar-refractivity contribution in [1.82, 2.24) is 9.55 Å². The quantitative estimate of drug-likeness (QED) is 0.775. The Balaban J connectivity index is 1.77. The number of aromatic nitrogens is 2. The molecule has 3 aromatic rings. The minimum Gasteiger partial charge on any atom is -0.496 e. The summed E-state index contributed by atoms with van der Waals surface area (Å²) in [6, 6.07) is 9.69. The SMILES string of the molecule is COc1ccccc1-c1c(C)c2cnc(NC(=O)[C@H]3C[C@H]3F)cc2n1C. The van der Waals surface area contributed by atoms with E-state index in [1.54, 1.807) is 13.3 Å². The molecular weight excluding hydrogens is 333 g/mol. The predicted molar refractivity (Wildman–Crippen MR) is 99.1 cm³/mol. The van der Waals surface area contributed by atoms with E-state index in [1.165, 1.54) is 0 Å². The smallest absolute Gasteiger partial charge is 0.231 e. The summed E-state index contributed by atoms with van der Waals surface area (Å²) in [4.78, 5) is 16.3. The van der Waals surface area contributed by atoms with Gasteiger partial charge in [-0.2, -0.15) is 0 Å². The summed E-state index contributed by atoms with van der Waals surface area (Å²) in [5.74, 6) is 0.395. The fraction of sp³-hybridized carbons (Fsp3) is 0.300. The Kier molecular flexibility index (Phi) is 3.90. The number of benzene rings is 1. The van der Waals surface area contributed by atoms with Crippen LogP contribution in [0.5, 0.6) is 5.75 Å². The molecule has 2 heterocycles. The molecule has 5 nitrogen and oxygen atoms in total. The number of amides is 1. The zero-order chi connectivity index (χ0) is 18.4. The fourth-order valence-corrected chi connectivity index (χ4v) is 3.46. The average molecular weight is 353 g/mol. The number of methoxy groups -OCH3 is 1. The van der Waals surface area contributed by atoms with Crippen molar-refractivity contribution in [3.05, 3.63) is 42.1 Å². The van der Waals surface area contributed by atoms with E-state index in [0.29, 0.717) is 12.2 Å². The summed E-state index contributed by atoms with van der Waals surface area (Å²) in [6.07, 6.45) is 1.03. The lowest BCUT2D eigenvalue weighted by molar-refractivity contribution is -0.117. The number of pyridine rings is 1. The van der Waals surface area contributed by atoms with Crippen LogP contribution in [0.15, 0.2) is 36.5 Å². The van der Waals surface area contributed by atoms with E-state index in [1.807, 2.05) is 44.3 Å². The molecule has 6 heteroatoms. The van der Waals surface area contributed by atoms with Gasteiger partial charge in [-0.25, -0.2) is 9.37 Å². The number of carbonyl (C=O) groups excluding carboxylic acids is 1. The van der Waals surface area contributed by atoms with E-state index in [0.717, 1.165) is 33.5 Å². The number of nitrogens with zero attached hydrogens (tertiary/aromatic N) is 2. The summed E-state index contributed by atoms with van der Waals surface area (Å²) < 4.78 is 20.6. The highest BCUT2D eigenvalue weighted by Crippen LogP contribution is 2.38. The van der Waals surface area contributed by atoms with Gasteiger partial charge in [-0.15, -0.1) is 0 Å². The van der Waals surface area contributed by atoms with E-state index in [2.05, 4.69) is 14.9 Å². The molecule has 1 aliphatic carbocycles. The van der Waals surface area contributed by atoms with Crippen LogP contribution in [0.25, 0.3) is 22.2 Å². The number of fused-ring (bicyclic) bond motifs is 1. The van der Waals surface area contributed by atoms with Crippen molar-refractivity contribution in [2.75, 3.05) is 12.4 Å². The van der Waals surface area contributed by atoms with Crippen LogP contribution < -0.4 is 10.1 Å². The third-order valence-electron chi connectivity index (χ3n) is 5.00. The van der Waals surface area contributed by atoms with Gasteiger partial charge in [0, 0.05) is 30.3 Å². The summed E-state index contributed by atoms with van der Waals surface area (Å²) >= 11 is 0. The van der Waals surface area contributed by atoms with Crippen molar-refractivity contribution >= 4 is 22.6 Å². The molecule has 1 aliphatic rings. The number of para-hydroxylation sites is 1. The number of hydrogen-bond acceptors (Lipinski definition) is 3. The lowest BCUT2D eigenvalue weighted by Gasteiger charge is -2.11. The molecule has 1 fully saturated rings. The molecule has 2 atom stereocenters. The zero-order valence-electron chi connectivity index (χ0n) is 14.9. The summed E-state index contributed by atoms with van der Waals surface area (Å²) in [6.45, 7) is 2.04. The van der Waals surface area contributed by atoms with Crippen molar-refractivity contribution in [3.63, 3.8) is 0 Å². The van der Waals surface area contributed by atoms with Crippen LogP contribution in [0, 0.1) is 12.8 Å². The largest absolute Gasteiger partial charge is 0.496 e. The Morgan fingerprint density at radius 2 is 2.12 bits per heavy atom.